The molecule has 9 nitrogen and oxygen atoms in total. The molecule has 0 unspecified atom stereocenters. The molecule has 0 N–H and O–H groups in total. The number of carbonyl (C=O) groups is 2. The summed E-state index contributed by atoms with van der Waals surface area (Å²) in [5.74, 6) is 0.00143. The summed E-state index contributed by atoms with van der Waals surface area (Å²) in [6.07, 6.45) is 0. The van der Waals surface area contributed by atoms with Crippen LogP contribution in [0.2, 0.25) is 0 Å². The fourth-order valence-electron chi connectivity index (χ4n) is 6.23. The van der Waals surface area contributed by atoms with Crippen LogP contribution in [0.1, 0.15) is 51.3 Å². The number of benzene rings is 2. The molecule has 0 saturated carbocycles. The number of ketones is 2. The molecule has 0 radical (unpaired) electrons. The Balaban J connectivity index is 1.23. The van der Waals surface area contributed by atoms with Crippen molar-refractivity contribution in [3.05, 3.63) is 123 Å². The zero-order valence-electron chi connectivity index (χ0n) is 25.4. The number of Topliss-reactive ketones (excluding diaryl/α,β-unsaturated/α-hetero) is 2. The van der Waals surface area contributed by atoms with Gasteiger partial charge in [0.2, 0.25) is 11.6 Å². The first-order chi connectivity index (χ1) is 23.7. The maximum absolute atomic E-state index is 13.5. The van der Waals surface area contributed by atoms with Gasteiger partial charge < -0.3 is 4.74 Å². The van der Waals surface area contributed by atoms with Gasteiger partial charge >= 0.3 is 0 Å². The van der Waals surface area contributed by atoms with Gasteiger partial charge in [0.15, 0.2) is 5.75 Å². The number of hydrogen-bond acceptors (Lipinski definition) is 10. The Morgan fingerprint density at radius 2 is 1.27 bits per heavy atom. The van der Waals surface area contributed by atoms with Crippen LogP contribution in [0, 0.1) is 35.8 Å². The van der Waals surface area contributed by atoms with Crippen LogP contribution in [0.25, 0.3) is 40.0 Å². The van der Waals surface area contributed by atoms with Crippen molar-refractivity contribution >= 4 is 87.5 Å². The van der Waals surface area contributed by atoms with Crippen molar-refractivity contribution in [1.29, 1.82) is 10.5 Å². The molecule has 0 saturated heterocycles. The van der Waals surface area contributed by atoms with E-state index < -0.39 is 5.60 Å². The fraction of sp³-hybridized carbons (Fsp3) is 0.0811. The molecular formula is C37H16N6O3S3. The van der Waals surface area contributed by atoms with Crippen molar-refractivity contribution < 1.29 is 14.3 Å². The van der Waals surface area contributed by atoms with E-state index in [0.29, 0.717) is 38.0 Å². The molecule has 2 aliphatic carbocycles. The average Bonchev–Trinajstić information content (AvgIpc) is 3.90. The van der Waals surface area contributed by atoms with Crippen molar-refractivity contribution in [3.8, 4) is 27.6 Å². The standard InChI is InChI=1S/C37H16N6O3S3/c1-37(2)21-13-25(42-29-27(22(15-38)40-3)17-9-5-7-11-19(17)31(29)44)48-34(21)36-33(46-37)35-24(47-36)14-26(49-35)43-30-28(23(16-39)41-4)18-10-6-8-12-20(18)32(30)45/h5-14H,1-2H3/b27-22?,28-23+,42-29?,43-30?. The van der Waals surface area contributed by atoms with Gasteiger partial charge in [0.1, 0.15) is 27.0 Å². The van der Waals surface area contributed by atoms with Crippen LogP contribution in [0.5, 0.6) is 5.75 Å². The summed E-state index contributed by atoms with van der Waals surface area (Å²) in [5, 5.41) is 20.5. The SMILES string of the molecule is [C-]#[N+]C(C#N)=C1C(=Nc2cc3c(s2)-c2sc4cc(N=C5C(=O)c6ccccc6/C5=C(/C#N)[N+]#[C-])sc4c2OC3(C)C)C(=O)c2ccccc21. The molecule has 0 spiro atoms. The highest BCUT2D eigenvalue weighted by atomic mass is 32.1. The average molecular weight is 689 g/mol. The van der Waals surface area contributed by atoms with Gasteiger partial charge in [-0.05, 0) is 37.1 Å². The molecule has 0 fully saturated rings. The molecule has 0 amide bonds. The van der Waals surface area contributed by atoms with Crippen molar-refractivity contribution in [2.24, 2.45) is 9.98 Å². The van der Waals surface area contributed by atoms with E-state index in [2.05, 4.69) is 9.69 Å². The molecule has 8 rings (SSSR count). The second-order valence-corrected chi connectivity index (χ2v) is 14.7. The van der Waals surface area contributed by atoms with Gasteiger partial charge in [0.05, 0.1) is 44.4 Å². The van der Waals surface area contributed by atoms with Crippen LogP contribution >= 0.6 is 34.0 Å². The van der Waals surface area contributed by atoms with Crippen molar-refractivity contribution in [2.45, 2.75) is 19.4 Å². The Hall–Kier alpha value is -6.28. The van der Waals surface area contributed by atoms with Crippen LogP contribution in [0.4, 0.5) is 10.0 Å². The van der Waals surface area contributed by atoms with Crippen molar-refractivity contribution in [1.82, 2.24) is 0 Å². The molecule has 12 heteroatoms. The lowest BCUT2D eigenvalue weighted by atomic mass is 9.95. The molecule has 3 aliphatic rings. The van der Waals surface area contributed by atoms with Gasteiger partial charge in [-0.1, -0.05) is 48.5 Å². The van der Waals surface area contributed by atoms with E-state index in [4.69, 9.17) is 27.9 Å². The summed E-state index contributed by atoms with van der Waals surface area (Å²) in [6, 6.07) is 21.4. The highest BCUT2D eigenvalue weighted by Crippen LogP contribution is 2.59. The van der Waals surface area contributed by atoms with Gasteiger partial charge in [0, 0.05) is 27.8 Å². The van der Waals surface area contributed by atoms with Gasteiger partial charge in [-0.3, -0.25) is 9.59 Å². The lowest BCUT2D eigenvalue weighted by molar-refractivity contribution is 0.106. The number of hydrogen-bond donors (Lipinski definition) is 0. The Labute approximate surface area is 291 Å². The largest absolute Gasteiger partial charge is 0.480 e. The minimum Gasteiger partial charge on any atom is -0.480 e. The van der Waals surface area contributed by atoms with Gasteiger partial charge in [-0.25, -0.2) is 30.2 Å². The van der Waals surface area contributed by atoms with Gasteiger partial charge in [-0.2, -0.15) is 0 Å². The number of thiophene rings is 3. The normalized spacial score (nSPS) is 18.9. The number of carbonyl (C=O) groups excluding carboxylic acids is 2. The molecule has 0 atom stereocenters. The third-order valence-corrected chi connectivity index (χ3v) is 11.8. The van der Waals surface area contributed by atoms with E-state index in [-0.39, 0.29) is 45.5 Å². The van der Waals surface area contributed by atoms with Crippen LogP contribution in [-0.4, -0.2) is 23.0 Å². The predicted octanol–water partition coefficient (Wildman–Crippen LogP) is 9.56. The third kappa shape index (κ3) is 4.37. The summed E-state index contributed by atoms with van der Waals surface area (Å²) in [7, 11) is 0. The van der Waals surface area contributed by atoms with Crippen LogP contribution in [-0.2, 0) is 5.60 Å². The van der Waals surface area contributed by atoms with Crippen LogP contribution in [0.15, 0.2) is 82.0 Å². The molecule has 4 heterocycles. The highest BCUT2D eigenvalue weighted by molar-refractivity contribution is 7.33. The minimum atomic E-state index is -0.771. The summed E-state index contributed by atoms with van der Waals surface area (Å²) < 4.78 is 8.35. The molecule has 0 bridgehead atoms. The van der Waals surface area contributed by atoms with E-state index >= 15 is 0 Å². The Morgan fingerprint density at radius 1 is 0.755 bits per heavy atom. The van der Waals surface area contributed by atoms with Crippen LogP contribution < -0.4 is 4.74 Å². The summed E-state index contributed by atoms with van der Waals surface area (Å²) >= 11 is 4.26. The topological polar surface area (TPSA) is 124 Å². The molecular weight excluding hydrogens is 673 g/mol. The number of aliphatic imine (C=N–C) groups is 2. The molecule has 2 aromatic carbocycles. The molecule has 49 heavy (non-hydrogen) atoms. The number of nitrogens with zero attached hydrogens (tertiary/aromatic N) is 6. The zero-order valence-corrected chi connectivity index (χ0v) is 27.9. The quantitative estimate of drug-likeness (QED) is 0.135. The maximum atomic E-state index is 13.5. The number of nitriles is 2. The molecule has 1 aliphatic heterocycles. The minimum absolute atomic E-state index is 0.0665. The second kappa shape index (κ2) is 10.9. The summed E-state index contributed by atoms with van der Waals surface area (Å²) in [5.41, 5.74) is 2.21. The van der Waals surface area contributed by atoms with Crippen molar-refractivity contribution in [2.75, 3.05) is 0 Å². The van der Waals surface area contributed by atoms with Gasteiger partial charge in [-0.15, -0.1) is 34.0 Å². The summed E-state index contributed by atoms with van der Waals surface area (Å²) in [4.78, 5) is 44.9. The van der Waals surface area contributed by atoms with E-state index in [1.807, 2.05) is 38.1 Å². The lowest BCUT2D eigenvalue weighted by Gasteiger charge is -2.31. The first kappa shape index (κ1) is 30.1. The Kier molecular flexibility index (Phi) is 6.68. The monoisotopic (exact) mass is 688 g/mol. The number of fused-ring (bicyclic) bond motifs is 7. The zero-order chi connectivity index (χ0) is 34.2. The molecule has 3 aromatic heterocycles. The van der Waals surface area contributed by atoms with Gasteiger partial charge in [0.25, 0.3) is 11.4 Å². The Bertz CT molecular complexity index is 2670. The summed E-state index contributed by atoms with van der Waals surface area (Å²) in [6.45, 7) is 19.0. The highest BCUT2D eigenvalue weighted by Gasteiger charge is 2.39. The fourth-order valence-corrected chi connectivity index (χ4v) is 9.93. The second-order valence-electron chi connectivity index (χ2n) is 11.5. The van der Waals surface area contributed by atoms with E-state index in [0.717, 1.165) is 24.7 Å². The predicted molar refractivity (Wildman–Crippen MR) is 191 cm³/mol. The number of allylic oxidation sites excluding steroid dienone is 4. The first-order valence-electron chi connectivity index (χ1n) is 14.6. The van der Waals surface area contributed by atoms with E-state index in [9.17, 15) is 20.1 Å². The number of ether oxygens (including phenoxy) is 1. The lowest BCUT2D eigenvalue weighted by Crippen LogP contribution is -2.27. The van der Waals surface area contributed by atoms with Crippen LogP contribution in [0.3, 0.4) is 0 Å². The molecule has 230 valence electrons. The van der Waals surface area contributed by atoms with Crippen molar-refractivity contribution in [3.63, 3.8) is 0 Å². The maximum Gasteiger partial charge on any atom is 0.271 e. The first-order valence-corrected chi connectivity index (χ1v) is 17.0. The smallest absolute Gasteiger partial charge is 0.271 e. The third-order valence-electron chi connectivity index (χ3n) is 8.38. The van der Waals surface area contributed by atoms with E-state index in [1.165, 1.54) is 34.0 Å². The Morgan fingerprint density at radius 3 is 1.78 bits per heavy atom. The number of rotatable bonds is 2. The van der Waals surface area contributed by atoms with E-state index in [1.54, 1.807) is 48.5 Å². The molecule has 5 aromatic rings.